The van der Waals surface area contributed by atoms with Gasteiger partial charge in [0.1, 0.15) is 5.71 Å². The van der Waals surface area contributed by atoms with Crippen molar-refractivity contribution in [2.75, 3.05) is 0 Å². The van der Waals surface area contributed by atoms with Gasteiger partial charge in [-0.05, 0) is 38.8 Å². The zero-order valence-corrected chi connectivity index (χ0v) is 13.1. The number of carbonyl (C=O) groups excluding carboxylic acids is 1. The quantitative estimate of drug-likeness (QED) is 0.856. The Balaban J connectivity index is 1.67. The second-order valence-electron chi connectivity index (χ2n) is 5.51. The molecule has 0 saturated heterocycles. The number of hydrogen-bond acceptors (Lipinski definition) is 4. The molecule has 1 saturated carbocycles. The van der Waals surface area contributed by atoms with Gasteiger partial charge in [0.05, 0.1) is 9.21 Å². The van der Waals surface area contributed by atoms with Gasteiger partial charge in [0.15, 0.2) is 0 Å². The minimum atomic E-state index is -0.478. The average molecular weight is 313 g/mol. The fourth-order valence-electron chi connectivity index (χ4n) is 2.50. The van der Waals surface area contributed by atoms with Gasteiger partial charge in [-0.2, -0.15) is 0 Å². The molecule has 0 radical (unpaired) electrons. The van der Waals surface area contributed by atoms with Crippen LogP contribution in [0.15, 0.2) is 17.3 Å². The largest absolute Gasteiger partial charge is 0.382 e. The van der Waals surface area contributed by atoms with Crippen LogP contribution in [0.5, 0.6) is 0 Å². The van der Waals surface area contributed by atoms with Crippen LogP contribution in [0.2, 0.25) is 4.34 Å². The van der Waals surface area contributed by atoms with Crippen LogP contribution in [0.25, 0.3) is 0 Å². The number of nitrogens with zero attached hydrogens (tertiary/aromatic N) is 2. The van der Waals surface area contributed by atoms with Crippen molar-refractivity contribution >= 4 is 34.6 Å². The van der Waals surface area contributed by atoms with Crippen molar-refractivity contribution in [2.45, 2.75) is 51.3 Å². The molecule has 1 aliphatic heterocycles. The summed E-state index contributed by atoms with van der Waals surface area (Å²) in [6, 6.07) is 4.36. The summed E-state index contributed by atoms with van der Waals surface area (Å²) < 4.78 is 0.722. The molecule has 6 heteroatoms. The van der Waals surface area contributed by atoms with Crippen LogP contribution in [0.1, 0.15) is 38.0 Å². The van der Waals surface area contributed by atoms with Gasteiger partial charge in [-0.15, -0.1) is 11.3 Å². The van der Waals surface area contributed by atoms with Gasteiger partial charge >= 0.3 is 0 Å². The smallest absolute Gasteiger partial charge is 0.267 e. The lowest BCUT2D eigenvalue weighted by Gasteiger charge is -2.28. The molecule has 0 bridgehead atoms. The van der Waals surface area contributed by atoms with Gasteiger partial charge in [-0.1, -0.05) is 16.8 Å². The molecule has 1 aromatic rings. The Labute approximate surface area is 127 Å². The number of amides is 1. The molecule has 1 atom stereocenters. The molecule has 0 N–H and O–H groups in total. The number of halogens is 1. The van der Waals surface area contributed by atoms with E-state index >= 15 is 0 Å². The lowest BCUT2D eigenvalue weighted by molar-refractivity contribution is -0.144. The summed E-state index contributed by atoms with van der Waals surface area (Å²) in [5, 5.41) is 4.06. The van der Waals surface area contributed by atoms with Crippen LogP contribution < -0.4 is 0 Å². The van der Waals surface area contributed by atoms with Crippen molar-refractivity contribution in [1.82, 2.24) is 4.90 Å². The monoisotopic (exact) mass is 312 g/mol. The summed E-state index contributed by atoms with van der Waals surface area (Å²) in [7, 11) is 0. The van der Waals surface area contributed by atoms with Crippen LogP contribution >= 0.6 is 22.9 Å². The van der Waals surface area contributed by atoms with Gasteiger partial charge in [-0.25, -0.2) is 0 Å². The first-order chi connectivity index (χ1) is 9.56. The predicted molar refractivity (Wildman–Crippen MR) is 80.4 cm³/mol. The minimum Gasteiger partial charge on any atom is -0.382 e. The molecule has 4 nitrogen and oxygen atoms in total. The summed E-state index contributed by atoms with van der Waals surface area (Å²) in [5.41, 5.74) is 0.819. The number of thiophene rings is 1. The maximum absolute atomic E-state index is 12.6. The van der Waals surface area contributed by atoms with E-state index in [0.29, 0.717) is 12.5 Å². The molecule has 1 fully saturated rings. The van der Waals surface area contributed by atoms with Crippen molar-refractivity contribution < 1.29 is 9.63 Å². The summed E-state index contributed by atoms with van der Waals surface area (Å²) in [6.07, 6.45) is 2.26. The minimum absolute atomic E-state index is 0.0592. The first-order valence-electron chi connectivity index (χ1n) is 6.87. The molecule has 2 aliphatic rings. The Morgan fingerprint density at radius 3 is 2.80 bits per heavy atom. The van der Waals surface area contributed by atoms with Crippen LogP contribution in [0.4, 0.5) is 0 Å². The molecule has 108 valence electrons. The number of rotatable bonds is 4. The van der Waals surface area contributed by atoms with E-state index in [0.717, 1.165) is 27.8 Å². The lowest BCUT2D eigenvalue weighted by Crippen LogP contribution is -2.44. The number of carbonyl (C=O) groups is 1. The Morgan fingerprint density at radius 2 is 2.25 bits per heavy atom. The van der Waals surface area contributed by atoms with Crippen molar-refractivity contribution in [3.8, 4) is 0 Å². The van der Waals surface area contributed by atoms with Crippen molar-refractivity contribution in [3.05, 3.63) is 21.3 Å². The van der Waals surface area contributed by atoms with Crippen LogP contribution in [0, 0.1) is 0 Å². The topological polar surface area (TPSA) is 41.9 Å². The molecule has 2 heterocycles. The number of oxime groups is 1. The maximum Gasteiger partial charge on any atom is 0.267 e. The second-order valence-corrected chi connectivity index (χ2v) is 7.23. The summed E-state index contributed by atoms with van der Waals surface area (Å²) in [6.45, 7) is 4.10. The van der Waals surface area contributed by atoms with E-state index in [9.17, 15) is 4.79 Å². The van der Waals surface area contributed by atoms with E-state index in [1.54, 1.807) is 0 Å². The Kier molecular flexibility index (Phi) is 3.73. The molecule has 20 heavy (non-hydrogen) atoms. The molecule has 0 spiro atoms. The van der Waals surface area contributed by atoms with Gasteiger partial charge in [0, 0.05) is 18.5 Å². The van der Waals surface area contributed by atoms with Crippen LogP contribution in [-0.2, 0) is 9.63 Å². The zero-order chi connectivity index (χ0) is 14.3. The molecule has 0 unspecified atom stereocenters. The average Bonchev–Trinajstić information content (AvgIpc) is 2.92. The van der Waals surface area contributed by atoms with Gasteiger partial charge in [-0.3, -0.25) is 4.79 Å². The molecule has 1 aliphatic carbocycles. The third-order valence-corrected chi connectivity index (χ3v) is 4.83. The molecular weight excluding hydrogens is 296 g/mol. The van der Waals surface area contributed by atoms with Crippen LogP contribution in [-0.4, -0.2) is 34.7 Å². The Bertz CT molecular complexity index is 549. The molecule has 1 aromatic heterocycles. The third kappa shape index (κ3) is 2.69. The van der Waals surface area contributed by atoms with Crippen LogP contribution in [0.3, 0.4) is 0 Å². The van der Waals surface area contributed by atoms with E-state index in [1.165, 1.54) is 11.3 Å². The molecular formula is C14H17ClN2O2S. The van der Waals surface area contributed by atoms with Crippen molar-refractivity contribution in [2.24, 2.45) is 5.16 Å². The third-order valence-electron chi connectivity index (χ3n) is 3.55. The normalized spacial score (nSPS) is 21.8. The predicted octanol–water partition coefficient (Wildman–Crippen LogP) is 3.29. The second kappa shape index (κ2) is 5.37. The highest BCUT2D eigenvalue weighted by Gasteiger charge is 2.40. The Morgan fingerprint density at radius 1 is 1.50 bits per heavy atom. The zero-order valence-electron chi connectivity index (χ0n) is 11.5. The fourth-order valence-corrected chi connectivity index (χ4v) is 3.53. The summed E-state index contributed by atoms with van der Waals surface area (Å²) in [4.78, 5) is 20.8. The van der Waals surface area contributed by atoms with E-state index < -0.39 is 6.10 Å². The van der Waals surface area contributed by atoms with Gasteiger partial charge in [0.25, 0.3) is 5.91 Å². The van der Waals surface area contributed by atoms with Gasteiger partial charge < -0.3 is 9.74 Å². The highest BCUT2D eigenvalue weighted by atomic mass is 35.5. The maximum atomic E-state index is 12.6. The molecule has 0 aromatic carbocycles. The highest BCUT2D eigenvalue weighted by Crippen LogP contribution is 2.32. The van der Waals surface area contributed by atoms with Crippen molar-refractivity contribution in [1.29, 1.82) is 0 Å². The highest BCUT2D eigenvalue weighted by molar-refractivity contribution is 7.18. The Hall–Kier alpha value is -1.07. The first kappa shape index (κ1) is 13.9. The van der Waals surface area contributed by atoms with Gasteiger partial charge in [0.2, 0.25) is 6.10 Å². The van der Waals surface area contributed by atoms with E-state index in [-0.39, 0.29) is 11.9 Å². The molecule has 1 amide bonds. The van der Waals surface area contributed by atoms with E-state index in [1.807, 2.05) is 30.9 Å². The summed E-state index contributed by atoms with van der Waals surface area (Å²) >= 11 is 7.39. The SMILES string of the molecule is CC(C)N(C(=O)[C@@H]1CC(c2ccc(Cl)s2)=NO1)C1CC1. The molecule has 3 rings (SSSR count). The standard InChI is InChI=1S/C14H17ClN2O2S/c1-8(2)17(9-3-4-9)14(18)11-7-10(16-19-11)12-5-6-13(15)20-12/h5-6,8-9,11H,3-4,7H2,1-2H3/t11-/m0/s1. The summed E-state index contributed by atoms with van der Waals surface area (Å²) in [5.74, 6) is 0.0592. The number of hydrogen-bond donors (Lipinski definition) is 0. The van der Waals surface area contributed by atoms with E-state index in [2.05, 4.69) is 5.16 Å². The lowest BCUT2D eigenvalue weighted by atomic mass is 10.1. The first-order valence-corrected chi connectivity index (χ1v) is 8.06. The van der Waals surface area contributed by atoms with Crippen molar-refractivity contribution in [3.63, 3.8) is 0 Å². The fraction of sp³-hybridized carbons (Fsp3) is 0.571. The van der Waals surface area contributed by atoms with E-state index in [4.69, 9.17) is 16.4 Å².